The molecule has 1 aromatic heterocycles. The molecule has 0 aliphatic carbocycles. The number of nitrogens with one attached hydrogen (secondary N) is 1. The minimum Gasteiger partial charge on any atom is -0.506 e. The number of amides is 2. The number of benzene rings is 1. The summed E-state index contributed by atoms with van der Waals surface area (Å²) >= 11 is 0.901. The Morgan fingerprint density at radius 3 is 2.31 bits per heavy atom. The predicted octanol–water partition coefficient (Wildman–Crippen LogP) is 5.94. The first-order valence-corrected chi connectivity index (χ1v) is 18.1. The summed E-state index contributed by atoms with van der Waals surface area (Å²) in [6.45, 7) is 8.31. The molecule has 0 saturated carbocycles. The van der Waals surface area contributed by atoms with Crippen LogP contribution in [0.25, 0.3) is 10.2 Å². The van der Waals surface area contributed by atoms with E-state index in [-0.39, 0.29) is 42.4 Å². The Labute approximate surface area is 289 Å². The van der Waals surface area contributed by atoms with Crippen molar-refractivity contribution >= 4 is 33.6 Å². The second-order valence-corrected chi connectivity index (χ2v) is 15.2. The molecule has 3 heterocycles. The molecule has 49 heavy (non-hydrogen) atoms. The number of aromatic amines is 1. The number of halogens is 3. The number of likely N-dealkylation sites (tertiary alicyclic amines) is 1. The maximum atomic E-state index is 13.0. The van der Waals surface area contributed by atoms with Gasteiger partial charge in [0.2, 0.25) is 0 Å². The first-order valence-electron chi connectivity index (χ1n) is 17.3. The lowest BCUT2D eigenvalue weighted by Crippen LogP contribution is -2.59. The van der Waals surface area contributed by atoms with E-state index in [1.54, 1.807) is 26.8 Å². The summed E-state index contributed by atoms with van der Waals surface area (Å²) in [7, 11) is 0. The van der Waals surface area contributed by atoms with Crippen molar-refractivity contribution < 1.29 is 42.4 Å². The molecule has 2 amide bonds. The second-order valence-electron chi connectivity index (χ2n) is 14.3. The number of hydrogen-bond acceptors (Lipinski definition) is 9. The smallest absolute Gasteiger partial charge is 0.471 e. The number of morpholine rings is 1. The van der Waals surface area contributed by atoms with E-state index in [1.165, 1.54) is 11.0 Å². The minimum absolute atomic E-state index is 0.00189. The number of fused-ring (bicyclic) bond motifs is 1. The van der Waals surface area contributed by atoms with Crippen molar-refractivity contribution in [1.29, 1.82) is 0 Å². The zero-order valence-electron chi connectivity index (χ0n) is 28.8. The molecule has 2 aliphatic heterocycles. The SMILES string of the molecule is CC(C)(C)OC(=O)N(CCCCCCCCCCN1CCC2(CC1)CN(C(=O)C(F)(F)F)CCO2)CC(O)c1ccc(O)c2[nH]c(=O)sc12. The third kappa shape index (κ3) is 11.3. The van der Waals surface area contributed by atoms with Crippen LogP contribution in [-0.4, -0.2) is 112 Å². The number of phenolic OH excluding ortho intramolecular Hbond substituents is 1. The third-order valence-electron chi connectivity index (χ3n) is 9.19. The van der Waals surface area contributed by atoms with E-state index in [9.17, 15) is 37.8 Å². The lowest BCUT2D eigenvalue weighted by molar-refractivity contribution is -0.200. The van der Waals surface area contributed by atoms with Crippen molar-refractivity contribution in [3.8, 4) is 5.75 Å². The zero-order valence-corrected chi connectivity index (χ0v) is 29.6. The highest BCUT2D eigenvalue weighted by atomic mass is 32.1. The fourth-order valence-electron chi connectivity index (χ4n) is 6.58. The number of H-pyrrole nitrogens is 1. The average molecular weight is 717 g/mol. The number of hydrogen-bond donors (Lipinski definition) is 3. The van der Waals surface area contributed by atoms with Crippen LogP contribution >= 0.6 is 11.3 Å². The normalized spacial score (nSPS) is 17.8. The number of carbonyl (C=O) groups excluding carboxylic acids is 2. The van der Waals surface area contributed by atoms with Gasteiger partial charge in [-0.15, -0.1) is 0 Å². The number of thiazole rings is 1. The van der Waals surface area contributed by atoms with Gasteiger partial charge in [0, 0.05) is 31.7 Å². The molecule has 276 valence electrons. The standard InChI is InChI=1S/C34H51F3N4O7S/c1-32(2,3)48-31(46)40(22-26(43)24-12-13-25(42)27-28(24)49-30(45)38-27)17-11-9-7-5-4-6-8-10-16-39-18-14-33(15-19-39)23-41(20-21-47-33)29(44)34(35,36)37/h12-13,26,42-43H,4-11,14-23H2,1-3H3,(H,38,45). The van der Waals surface area contributed by atoms with E-state index < -0.39 is 35.5 Å². The van der Waals surface area contributed by atoms with Crippen molar-refractivity contribution in [3.63, 3.8) is 0 Å². The van der Waals surface area contributed by atoms with Crippen LogP contribution in [-0.2, 0) is 14.3 Å². The third-order valence-corrected chi connectivity index (χ3v) is 10.1. The molecule has 2 saturated heterocycles. The number of carbonyl (C=O) groups is 2. The van der Waals surface area contributed by atoms with Crippen LogP contribution in [0.5, 0.6) is 5.75 Å². The summed E-state index contributed by atoms with van der Waals surface area (Å²) in [6.07, 6.45) is 2.90. The first kappa shape index (κ1) is 38.9. The van der Waals surface area contributed by atoms with Gasteiger partial charge in [-0.3, -0.25) is 9.59 Å². The zero-order chi connectivity index (χ0) is 35.8. The van der Waals surface area contributed by atoms with Gasteiger partial charge in [0.25, 0.3) is 0 Å². The number of aliphatic hydroxyl groups excluding tert-OH is 1. The van der Waals surface area contributed by atoms with Gasteiger partial charge in [-0.2, -0.15) is 13.2 Å². The van der Waals surface area contributed by atoms with Crippen molar-refractivity contribution in [1.82, 2.24) is 19.7 Å². The molecule has 2 aromatic rings. The molecule has 1 aromatic carbocycles. The van der Waals surface area contributed by atoms with E-state index in [0.29, 0.717) is 29.6 Å². The maximum absolute atomic E-state index is 13.0. The molecule has 1 atom stereocenters. The summed E-state index contributed by atoms with van der Waals surface area (Å²) in [5.41, 5.74) is -0.646. The van der Waals surface area contributed by atoms with Gasteiger partial charge in [0.15, 0.2) is 0 Å². The maximum Gasteiger partial charge on any atom is 0.471 e. The highest BCUT2D eigenvalue weighted by Gasteiger charge is 2.48. The molecule has 11 nitrogen and oxygen atoms in total. The lowest BCUT2D eigenvalue weighted by atomic mass is 9.89. The van der Waals surface area contributed by atoms with E-state index in [2.05, 4.69) is 9.88 Å². The molecule has 2 fully saturated rings. The lowest BCUT2D eigenvalue weighted by Gasteiger charge is -2.47. The number of phenols is 1. The van der Waals surface area contributed by atoms with Crippen LogP contribution in [0.15, 0.2) is 16.9 Å². The van der Waals surface area contributed by atoms with Gasteiger partial charge in [-0.1, -0.05) is 55.9 Å². The summed E-state index contributed by atoms with van der Waals surface area (Å²) in [5, 5.41) is 21.2. The monoisotopic (exact) mass is 716 g/mol. The number of aromatic nitrogens is 1. The number of ether oxygens (including phenoxy) is 2. The van der Waals surface area contributed by atoms with Crippen LogP contribution < -0.4 is 4.87 Å². The van der Waals surface area contributed by atoms with Crippen molar-refractivity contribution in [2.45, 2.75) is 108 Å². The predicted molar refractivity (Wildman–Crippen MR) is 181 cm³/mol. The van der Waals surface area contributed by atoms with Gasteiger partial charge in [-0.25, -0.2) is 4.79 Å². The summed E-state index contributed by atoms with van der Waals surface area (Å²) in [4.78, 5) is 43.6. The van der Waals surface area contributed by atoms with Crippen LogP contribution in [0.1, 0.15) is 96.6 Å². The number of aromatic hydroxyl groups is 1. The van der Waals surface area contributed by atoms with Crippen molar-refractivity contribution in [2.75, 3.05) is 52.4 Å². The molecule has 3 N–H and O–H groups in total. The Morgan fingerprint density at radius 1 is 1.04 bits per heavy atom. The molecule has 0 bridgehead atoms. The van der Waals surface area contributed by atoms with Crippen molar-refractivity contribution in [2.24, 2.45) is 0 Å². The second kappa shape index (κ2) is 16.9. The van der Waals surface area contributed by atoms with Crippen LogP contribution in [0, 0.1) is 0 Å². The molecule has 2 aliphatic rings. The first-order chi connectivity index (χ1) is 23.1. The largest absolute Gasteiger partial charge is 0.506 e. The van der Waals surface area contributed by atoms with Gasteiger partial charge in [0.1, 0.15) is 16.9 Å². The quantitative estimate of drug-likeness (QED) is 0.205. The van der Waals surface area contributed by atoms with Gasteiger partial charge < -0.3 is 39.4 Å². The van der Waals surface area contributed by atoms with Gasteiger partial charge in [-0.05, 0) is 59.1 Å². The van der Waals surface area contributed by atoms with Crippen molar-refractivity contribution in [3.05, 3.63) is 27.4 Å². The number of alkyl halides is 3. The molecular formula is C34H51F3N4O7S. The number of unbranched alkanes of at least 4 members (excludes halogenated alkanes) is 7. The van der Waals surface area contributed by atoms with E-state index in [4.69, 9.17) is 9.47 Å². The number of rotatable bonds is 14. The fraction of sp³-hybridized carbons (Fsp3) is 0.735. The molecule has 1 unspecified atom stereocenters. The minimum atomic E-state index is -4.86. The molecule has 15 heteroatoms. The fourth-order valence-corrected chi connectivity index (χ4v) is 7.49. The Balaban J connectivity index is 1.11. The average Bonchev–Trinajstić information content (AvgIpc) is 3.43. The van der Waals surface area contributed by atoms with Crippen LogP contribution in [0.2, 0.25) is 0 Å². The molecule has 1 spiro atoms. The molecule has 4 rings (SSSR count). The number of aliphatic hydroxyl groups is 1. The highest BCUT2D eigenvalue weighted by Crippen LogP contribution is 2.33. The Bertz CT molecular complexity index is 1450. The topological polar surface area (TPSA) is 136 Å². The van der Waals surface area contributed by atoms with E-state index >= 15 is 0 Å². The summed E-state index contributed by atoms with van der Waals surface area (Å²) in [5.74, 6) is -1.86. The van der Waals surface area contributed by atoms with Gasteiger partial charge in [0.05, 0.1) is 36.1 Å². The van der Waals surface area contributed by atoms with E-state index in [1.807, 2.05) is 0 Å². The van der Waals surface area contributed by atoms with Crippen LogP contribution in [0.4, 0.5) is 18.0 Å². The van der Waals surface area contributed by atoms with E-state index in [0.717, 1.165) is 87.2 Å². The number of nitrogens with zero attached hydrogens (tertiary/aromatic N) is 3. The molecular weight excluding hydrogens is 665 g/mol. The summed E-state index contributed by atoms with van der Waals surface area (Å²) in [6, 6.07) is 2.98. The summed E-state index contributed by atoms with van der Waals surface area (Å²) < 4.78 is 50.7. The Kier molecular flexibility index (Phi) is 13.4. The Hall–Kier alpha value is -2.88. The molecule has 0 radical (unpaired) electrons. The van der Waals surface area contributed by atoms with Gasteiger partial charge >= 0.3 is 23.0 Å². The highest BCUT2D eigenvalue weighted by molar-refractivity contribution is 7.16. The number of piperidine rings is 1. The van der Waals surface area contributed by atoms with Crippen LogP contribution in [0.3, 0.4) is 0 Å². The Morgan fingerprint density at radius 2 is 1.67 bits per heavy atom.